The molecule has 2 bridgehead atoms. The summed E-state index contributed by atoms with van der Waals surface area (Å²) in [4.78, 5) is 62.5. The highest BCUT2D eigenvalue weighted by Crippen LogP contribution is 2.63. The lowest BCUT2D eigenvalue weighted by Gasteiger charge is -2.52. The van der Waals surface area contributed by atoms with Gasteiger partial charge in [0.2, 0.25) is 23.6 Å². The van der Waals surface area contributed by atoms with E-state index >= 15 is 0 Å². The Bertz CT molecular complexity index is 955. The van der Waals surface area contributed by atoms with Gasteiger partial charge in [-0.2, -0.15) is 0 Å². The molecular formula is C20H16N2O6. The first kappa shape index (κ1) is 16.9. The standard InChI is InChI=1S/C20H16N2O6/c1-20-7-9(28-19(27)8-5-3-2-4-6-8)10(11-13(20)17(25)21-15(11)23)12-14(20)18(26)22-16(12)24/h2-7,10-14H,1H3,(H,21,23,25)(H,22,24,26)/t10?,11-,12+,13+,14-,20?. The van der Waals surface area contributed by atoms with Crippen LogP contribution in [0.15, 0.2) is 42.2 Å². The van der Waals surface area contributed by atoms with E-state index in [1.807, 2.05) is 0 Å². The predicted octanol–water partition coefficient (Wildman–Crippen LogP) is 0.155. The molecule has 0 radical (unpaired) electrons. The fourth-order valence-corrected chi connectivity index (χ4v) is 5.46. The zero-order chi connectivity index (χ0) is 19.8. The van der Waals surface area contributed by atoms with Crippen LogP contribution in [0.5, 0.6) is 0 Å². The minimum absolute atomic E-state index is 0.175. The number of carbonyl (C=O) groups excluding carboxylic acids is 5. The van der Waals surface area contributed by atoms with Crippen LogP contribution in [0, 0.1) is 35.0 Å². The topological polar surface area (TPSA) is 119 Å². The van der Waals surface area contributed by atoms with Gasteiger partial charge in [0, 0.05) is 11.3 Å². The van der Waals surface area contributed by atoms with E-state index in [4.69, 9.17) is 4.74 Å². The van der Waals surface area contributed by atoms with Gasteiger partial charge in [0.15, 0.2) is 0 Å². The van der Waals surface area contributed by atoms with E-state index in [1.165, 1.54) is 0 Å². The molecule has 6 rings (SSSR count). The summed E-state index contributed by atoms with van der Waals surface area (Å²) in [6, 6.07) is 8.33. The summed E-state index contributed by atoms with van der Waals surface area (Å²) in [5.41, 5.74) is -0.787. The lowest BCUT2D eigenvalue weighted by Crippen LogP contribution is -2.58. The number of hydrogen-bond donors (Lipinski definition) is 2. The first-order chi connectivity index (χ1) is 13.3. The van der Waals surface area contributed by atoms with Crippen molar-refractivity contribution in [3.8, 4) is 0 Å². The fourth-order valence-electron chi connectivity index (χ4n) is 5.46. The molecule has 0 spiro atoms. The Kier molecular flexibility index (Phi) is 3.23. The number of ether oxygens (including phenoxy) is 1. The number of rotatable bonds is 2. The minimum atomic E-state index is -1.11. The van der Waals surface area contributed by atoms with Crippen LogP contribution in [-0.2, 0) is 23.9 Å². The highest BCUT2D eigenvalue weighted by molar-refractivity contribution is 6.11. The molecule has 2 aliphatic heterocycles. The summed E-state index contributed by atoms with van der Waals surface area (Å²) in [7, 11) is 0. The summed E-state index contributed by atoms with van der Waals surface area (Å²) in [5.74, 6) is -6.46. The molecular weight excluding hydrogens is 364 g/mol. The lowest BCUT2D eigenvalue weighted by atomic mass is 9.47. The number of benzene rings is 1. The lowest BCUT2D eigenvalue weighted by molar-refractivity contribution is -0.149. The van der Waals surface area contributed by atoms with Crippen molar-refractivity contribution in [3.05, 3.63) is 47.7 Å². The van der Waals surface area contributed by atoms with Gasteiger partial charge in [-0.3, -0.25) is 29.8 Å². The van der Waals surface area contributed by atoms with Crippen molar-refractivity contribution in [2.75, 3.05) is 0 Å². The third-order valence-electron chi connectivity index (χ3n) is 6.50. The summed E-state index contributed by atoms with van der Waals surface area (Å²) in [5, 5.41) is 4.63. The van der Waals surface area contributed by atoms with Gasteiger partial charge in [-0.05, 0) is 18.2 Å². The molecule has 4 amide bonds. The van der Waals surface area contributed by atoms with E-state index in [9.17, 15) is 24.0 Å². The van der Waals surface area contributed by atoms with Crippen molar-refractivity contribution in [2.45, 2.75) is 6.92 Å². The normalized spacial score (nSPS) is 37.8. The van der Waals surface area contributed by atoms with E-state index in [1.54, 1.807) is 43.3 Å². The third-order valence-corrected chi connectivity index (χ3v) is 6.50. The Labute approximate surface area is 159 Å². The largest absolute Gasteiger partial charge is 0.427 e. The number of allylic oxidation sites excluding steroid dienone is 2. The van der Waals surface area contributed by atoms with Gasteiger partial charge in [-0.1, -0.05) is 25.1 Å². The number of imide groups is 2. The number of hydrogen-bond acceptors (Lipinski definition) is 6. The molecule has 2 saturated heterocycles. The van der Waals surface area contributed by atoms with Crippen molar-refractivity contribution in [1.82, 2.24) is 10.6 Å². The number of amides is 4. The monoisotopic (exact) mass is 380 g/mol. The SMILES string of the molecule is CC12C=C(OC(=O)c3ccccc3)C([C@H]3C(=O)NC(=O)[C@H]31)[C@@H]1C(=O)NC(=O)[C@@H]12. The summed E-state index contributed by atoms with van der Waals surface area (Å²) < 4.78 is 5.60. The molecule has 1 saturated carbocycles. The molecule has 142 valence electrons. The number of nitrogens with one attached hydrogen (secondary N) is 2. The van der Waals surface area contributed by atoms with Crippen LogP contribution in [0.1, 0.15) is 17.3 Å². The Morgan fingerprint density at radius 1 is 0.857 bits per heavy atom. The average Bonchev–Trinajstić information content (AvgIpc) is 3.13. The van der Waals surface area contributed by atoms with Crippen LogP contribution in [0.4, 0.5) is 0 Å². The molecule has 2 heterocycles. The second kappa shape index (κ2) is 5.37. The van der Waals surface area contributed by atoms with Gasteiger partial charge in [0.05, 0.1) is 29.2 Å². The summed E-state index contributed by atoms with van der Waals surface area (Å²) >= 11 is 0. The number of carbonyl (C=O) groups is 5. The molecule has 8 heteroatoms. The van der Waals surface area contributed by atoms with Gasteiger partial charge in [-0.25, -0.2) is 4.79 Å². The molecule has 2 N–H and O–H groups in total. The van der Waals surface area contributed by atoms with Gasteiger partial charge in [-0.15, -0.1) is 0 Å². The van der Waals surface area contributed by atoms with E-state index in [0.717, 1.165) is 0 Å². The molecule has 3 aliphatic carbocycles. The van der Waals surface area contributed by atoms with Crippen LogP contribution >= 0.6 is 0 Å². The zero-order valence-corrected chi connectivity index (χ0v) is 14.8. The second-order valence-corrected chi connectivity index (χ2v) is 7.91. The van der Waals surface area contributed by atoms with E-state index in [0.29, 0.717) is 5.56 Å². The van der Waals surface area contributed by atoms with E-state index < -0.39 is 64.6 Å². The van der Waals surface area contributed by atoms with E-state index in [-0.39, 0.29) is 5.76 Å². The van der Waals surface area contributed by atoms with Crippen molar-refractivity contribution in [1.29, 1.82) is 0 Å². The number of esters is 1. The molecule has 2 unspecified atom stereocenters. The minimum Gasteiger partial charge on any atom is -0.427 e. The Morgan fingerprint density at radius 2 is 1.39 bits per heavy atom. The maximum absolute atomic E-state index is 12.6. The van der Waals surface area contributed by atoms with Crippen LogP contribution in [0.25, 0.3) is 0 Å². The predicted molar refractivity (Wildman–Crippen MR) is 91.8 cm³/mol. The first-order valence-corrected chi connectivity index (χ1v) is 9.02. The Hall–Kier alpha value is -3.29. The van der Waals surface area contributed by atoms with Gasteiger partial charge in [0.1, 0.15) is 5.76 Å². The highest BCUT2D eigenvalue weighted by Gasteiger charge is 2.72. The third kappa shape index (κ3) is 1.97. The van der Waals surface area contributed by atoms with Gasteiger partial charge >= 0.3 is 5.97 Å². The maximum Gasteiger partial charge on any atom is 0.343 e. The van der Waals surface area contributed by atoms with Crippen molar-refractivity contribution in [3.63, 3.8) is 0 Å². The quantitative estimate of drug-likeness (QED) is 0.557. The molecule has 1 aromatic carbocycles. The first-order valence-electron chi connectivity index (χ1n) is 9.02. The maximum atomic E-state index is 12.6. The smallest absolute Gasteiger partial charge is 0.343 e. The molecule has 5 aliphatic rings. The summed E-state index contributed by atoms with van der Waals surface area (Å²) in [6.07, 6.45) is 1.59. The van der Waals surface area contributed by atoms with Crippen molar-refractivity contribution >= 4 is 29.6 Å². The van der Waals surface area contributed by atoms with Crippen LogP contribution in [-0.4, -0.2) is 29.6 Å². The van der Waals surface area contributed by atoms with E-state index in [2.05, 4.69) is 10.6 Å². The van der Waals surface area contributed by atoms with Gasteiger partial charge in [0.25, 0.3) is 0 Å². The molecule has 6 atom stereocenters. The highest BCUT2D eigenvalue weighted by atomic mass is 16.5. The van der Waals surface area contributed by atoms with Crippen LogP contribution < -0.4 is 10.6 Å². The molecule has 1 aromatic rings. The molecule has 3 fully saturated rings. The fraction of sp³-hybridized carbons (Fsp3) is 0.350. The molecule has 8 nitrogen and oxygen atoms in total. The average molecular weight is 380 g/mol. The Balaban J connectivity index is 1.62. The molecule has 0 aromatic heterocycles. The zero-order valence-electron chi connectivity index (χ0n) is 14.8. The van der Waals surface area contributed by atoms with Crippen molar-refractivity contribution < 1.29 is 28.7 Å². The van der Waals surface area contributed by atoms with Gasteiger partial charge < -0.3 is 4.74 Å². The second-order valence-electron chi connectivity index (χ2n) is 7.91. The summed E-state index contributed by atoms with van der Waals surface area (Å²) in [6.45, 7) is 1.67. The van der Waals surface area contributed by atoms with Crippen LogP contribution in [0.3, 0.4) is 0 Å². The Morgan fingerprint density at radius 3 is 1.93 bits per heavy atom. The van der Waals surface area contributed by atoms with Crippen molar-refractivity contribution in [2.24, 2.45) is 35.0 Å². The van der Waals surface area contributed by atoms with Crippen LogP contribution in [0.2, 0.25) is 0 Å². The molecule has 28 heavy (non-hydrogen) atoms.